The fraction of sp³-hybridized carbons (Fsp3) is 0.333. The molecule has 0 fully saturated rings. The van der Waals surface area contributed by atoms with Gasteiger partial charge in [0.05, 0.1) is 0 Å². The normalized spacial score (nSPS) is 7.42. The molecule has 0 bridgehead atoms. The number of hydrogen-bond acceptors (Lipinski definition) is 4. The van der Waals surface area contributed by atoms with Gasteiger partial charge in [0.15, 0.2) is 0 Å². The van der Waals surface area contributed by atoms with E-state index >= 15 is 0 Å². The van der Waals surface area contributed by atoms with Crippen molar-refractivity contribution in [2.45, 2.75) is 13.3 Å². The number of carbonyl (C=O) groups excluding carboxylic acids is 2. The molecule has 6 nitrogen and oxygen atoms in total. The van der Waals surface area contributed by atoms with Crippen molar-refractivity contribution in [3.8, 4) is 0 Å². The van der Waals surface area contributed by atoms with E-state index in [2.05, 4.69) is 0 Å². The number of carboxylic acid groups (broad SMARTS) is 2. The molecule has 6 heteroatoms. The zero-order valence-corrected chi connectivity index (χ0v) is 6.31. The standard InChI is InChI=1S/2C3H4O3/c1-2(4)3(5)6;4-2-1-3(5)6/h1H3,(H,5,6);2H,1H2,(H,5,6). The average Bonchev–Trinajstić information content (AvgIpc) is 1.87. The van der Waals surface area contributed by atoms with E-state index in [-0.39, 0.29) is 6.42 Å². The van der Waals surface area contributed by atoms with Gasteiger partial charge in [0.2, 0.25) is 5.78 Å². The summed E-state index contributed by atoms with van der Waals surface area (Å²) in [7, 11) is 0. The molecule has 12 heavy (non-hydrogen) atoms. The van der Waals surface area contributed by atoms with Gasteiger partial charge in [-0.25, -0.2) is 4.79 Å². The molecule has 0 radical (unpaired) electrons. The third-order valence-corrected chi connectivity index (χ3v) is 0.559. The number of rotatable bonds is 3. The van der Waals surface area contributed by atoms with E-state index in [0.29, 0.717) is 6.29 Å². The molecule has 0 rings (SSSR count). The van der Waals surface area contributed by atoms with Crippen LogP contribution >= 0.6 is 0 Å². The fourth-order valence-corrected chi connectivity index (χ4v) is 0.0713. The molecular weight excluding hydrogens is 168 g/mol. The molecular formula is C6H8O6. The van der Waals surface area contributed by atoms with Crippen LogP contribution in [0.25, 0.3) is 0 Å². The van der Waals surface area contributed by atoms with Crippen LogP contribution in [0.2, 0.25) is 0 Å². The highest BCUT2D eigenvalue weighted by molar-refractivity contribution is 6.31. The number of Topliss-reactive ketones (excluding diaryl/α,β-unsaturated/α-hetero) is 1. The molecule has 0 aromatic carbocycles. The van der Waals surface area contributed by atoms with Crippen LogP contribution in [0.5, 0.6) is 0 Å². The Morgan fingerprint density at radius 3 is 1.58 bits per heavy atom. The van der Waals surface area contributed by atoms with E-state index in [1.54, 1.807) is 0 Å². The Morgan fingerprint density at radius 1 is 1.25 bits per heavy atom. The highest BCUT2D eigenvalue weighted by Gasteiger charge is 1.98. The van der Waals surface area contributed by atoms with Crippen molar-refractivity contribution < 1.29 is 29.4 Å². The molecule has 68 valence electrons. The van der Waals surface area contributed by atoms with Crippen LogP contribution in [0, 0.1) is 0 Å². The van der Waals surface area contributed by atoms with Crippen molar-refractivity contribution in [3.05, 3.63) is 0 Å². The lowest BCUT2D eigenvalue weighted by molar-refractivity contribution is -0.148. The SMILES string of the molecule is CC(=O)C(=O)O.O=CCC(=O)O. The Labute approximate surface area is 67.8 Å². The Morgan fingerprint density at radius 2 is 1.58 bits per heavy atom. The summed E-state index contributed by atoms with van der Waals surface area (Å²) >= 11 is 0. The molecule has 0 heterocycles. The Bertz CT molecular complexity index is 182. The van der Waals surface area contributed by atoms with Gasteiger partial charge in [-0.15, -0.1) is 0 Å². The molecule has 0 aliphatic rings. The molecule has 0 aliphatic carbocycles. The van der Waals surface area contributed by atoms with Gasteiger partial charge < -0.3 is 15.0 Å². The van der Waals surface area contributed by atoms with Gasteiger partial charge in [-0.1, -0.05) is 0 Å². The van der Waals surface area contributed by atoms with Crippen LogP contribution in [0.15, 0.2) is 0 Å². The summed E-state index contributed by atoms with van der Waals surface area (Å²) in [6, 6.07) is 0. The van der Waals surface area contributed by atoms with Crippen LogP contribution in [0.3, 0.4) is 0 Å². The summed E-state index contributed by atoms with van der Waals surface area (Å²) in [5, 5.41) is 15.3. The smallest absolute Gasteiger partial charge is 0.371 e. The molecule has 0 atom stereocenters. The first kappa shape index (κ1) is 12.9. The Hall–Kier alpha value is -1.72. The highest BCUT2D eigenvalue weighted by Crippen LogP contribution is 1.65. The van der Waals surface area contributed by atoms with Gasteiger partial charge in [-0.2, -0.15) is 0 Å². The van der Waals surface area contributed by atoms with Crippen LogP contribution in [0.4, 0.5) is 0 Å². The lowest BCUT2D eigenvalue weighted by Gasteiger charge is -1.73. The largest absolute Gasteiger partial charge is 0.481 e. The van der Waals surface area contributed by atoms with E-state index < -0.39 is 17.7 Å². The van der Waals surface area contributed by atoms with Crippen LogP contribution < -0.4 is 0 Å². The number of aliphatic carboxylic acids is 2. The molecule has 0 aromatic heterocycles. The van der Waals surface area contributed by atoms with Crippen molar-refractivity contribution in [3.63, 3.8) is 0 Å². The van der Waals surface area contributed by atoms with Crippen molar-refractivity contribution in [2.75, 3.05) is 0 Å². The second-order valence-electron chi connectivity index (χ2n) is 1.63. The minimum absolute atomic E-state index is 0.350. The van der Waals surface area contributed by atoms with E-state index in [1.807, 2.05) is 0 Å². The second kappa shape index (κ2) is 7.39. The van der Waals surface area contributed by atoms with Gasteiger partial charge in [0.1, 0.15) is 12.7 Å². The quantitative estimate of drug-likeness (QED) is 0.335. The minimum atomic E-state index is -1.38. The molecule has 0 amide bonds. The van der Waals surface area contributed by atoms with Crippen LogP contribution in [0.1, 0.15) is 13.3 Å². The van der Waals surface area contributed by atoms with Crippen molar-refractivity contribution in [1.82, 2.24) is 0 Å². The maximum Gasteiger partial charge on any atom is 0.371 e. The van der Waals surface area contributed by atoms with E-state index in [9.17, 15) is 19.2 Å². The summed E-state index contributed by atoms with van der Waals surface area (Å²) in [6.45, 7) is 1.00. The van der Waals surface area contributed by atoms with Crippen molar-refractivity contribution in [2.24, 2.45) is 0 Å². The number of ketones is 1. The summed E-state index contributed by atoms with van der Waals surface area (Å²) in [5.74, 6) is -3.28. The van der Waals surface area contributed by atoms with Gasteiger partial charge in [-0.05, 0) is 0 Å². The number of hydrogen-bond donors (Lipinski definition) is 2. The molecule has 0 aliphatic heterocycles. The summed E-state index contributed by atoms with van der Waals surface area (Å²) in [6.07, 6.45) is -0.0394. The topological polar surface area (TPSA) is 109 Å². The first-order chi connectivity index (χ1) is 5.41. The van der Waals surface area contributed by atoms with Crippen LogP contribution in [-0.2, 0) is 19.2 Å². The third kappa shape index (κ3) is 15.7. The molecule has 0 saturated heterocycles. The van der Waals surface area contributed by atoms with E-state index in [0.717, 1.165) is 6.92 Å². The first-order valence-electron chi connectivity index (χ1n) is 2.81. The highest BCUT2D eigenvalue weighted by atomic mass is 16.4. The molecule has 0 spiro atoms. The van der Waals surface area contributed by atoms with E-state index in [1.165, 1.54) is 0 Å². The number of aldehydes is 1. The molecule has 2 N–H and O–H groups in total. The Balaban J connectivity index is 0. The van der Waals surface area contributed by atoms with Crippen molar-refractivity contribution >= 4 is 24.0 Å². The summed E-state index contributed by atoms with van der Waals surface area (Å²) in [5.41, 5.74) is 0. The molecule has 0 unspecified atom stereocenters. The third-order valence-electron chi connectivity index (χ3n) is 0.559. The van der Waals surface area contributed by atoms with Gasteiger partial charge in [-0.3, -0.25) is 9.59 Å². The predicted octanol–water partition coefficient (Wildman–Crippen LogP) is -0.680. The minimum Gasteiger partial charge on any atom is -0.481 e. The molecule has 0 aromatic rings. The van der Waals surface area contributed by atoms with Gasteiger partial charge in [0, 0.05) is 6.92 Å². The van der Waals surface area contributed by atoms with Crippen LogP contribution in [-0.4, -0.2) is 34.2 Å². The maximum atomic E-state index is 9.54. The van der Waals surface area contributed by atoms with Gasteiger partial charge in [0.25, 0.3) is 0 Å². The average molecular weight is 176 g/mol. The Kier molecular flexibility index (Phi) is 7.95. The lowest BCUT2D eigenvalue weighted by atomic mass is 10.5. The fourth-order valence-electron chi connectivity index (χ4n) is 0.0713. The summed E-state index contributed by atoms with van der Waals surface area (Å²) < 4.78 is 0. The number of carboxylic acids is 2. The second-order valence-corrected chi connectivity index (χ2v) is 1.63. The monoisotopic (exact) mass is 176 g/mol. The first-order valence-corrected chi connectivity index (χ1v) is 2.81. The molecule has 0 saturated carbocycles. The summed E-state index contributed by atoms with van der Waals surface area (Å²) in [4.78, 5) is 37.5. The lowest BCUT2D eigenvalue weighted by Crippen LogP contribution is -2.05. The van der Waals surface area contributed by atoms with Crippen molar-refractivity contribution in [1.29, 1.82) is 0 Å². The van der Waals surface area contributed by atoms with E-state index in [4.69, 9.17) is 10.2 Å². The zero-order valence-electron chi connectivity index (χ0n) is 6.31. The number of carbonyl (C=O) groups is 4. The predicted molar refractivity (Wildman–Crippen MR) is 36.6 cm³/mol. The van der Waals surface area contributed by atoms with Gasteiger partial charge >= 0.3 is 11.9 Å². The zero-order chi connectivity index (χ0) is 10.1. The maximum absolute atomic E-state index is 9.54.